The molecule has 4 aromatic rings. The molecule has 0 unspecified atom stereocenters. The number of fused-ring (bicyclic) bond motifs is 3. The third-order valence-electron chi connectivity index (χ3n) is 4.43. The first-order valence-corrected chi connectivity index (χ1v) is 7.77. The van der Waals surface area contributed by atoms with Crippen molar-refractivity contribution in [2.24, 2.45) is 7.05 Å². The molecule has 0 radical (unpaired) electrons. The van der Waals surface area contributed by atoms with Gasteiger partial charge in [-0.15, -0.1) is 0 Å². The average Bonchev–Trinajstić information content (AvgIpc) is 2.96. The molecule has 0 fully saturated rings. The van der Waals surface area contributed by atoms with Crippen LogP contribution in [0.25, 0.3) is 27.7 Å². The third kappa shape index (κ3) is 1.77. The normalized spacial score (nSPS) is 11.4. The fourth-order valence-corrected chi connectivity index (χ4v) is 3.45. The molecule has 108 valence electrons. The highest BCUT2D eigenvalue weighted by atomic mass is 15.1. The van der Waals surface area contributed by atoms with Crippen LogP contribution in [0, 0.1) is 0 Å². The summed E-state index contributed by atoms with van der Waals surface area (Å²) in [5.74, 6) is 0. The van der Waals surface area contributed by atoms with E-state index in [1.807, 2.05) is 0 Å². The van der Waals surface area contributed by atoms with Crippen molar-refractivity contribution in [3.8, 4) is 11.1 Å². The monoisotopic (exact) mass is 287 g/mol. The highest BCUT2D eigenvalue weighted by Crippen LogP contribution is 2.33. The second kappa shape index (κ2) is 4.99. The number of imidazole rings is 1. The van der Waals surface area contributed by atoms with Crippen LogP contribution in [0.15, 0.2) is 67.0 Å². The highest BCUT2D eigenvalue weighted by molar-refractivity contribution is 5.95. The lowest BCUT2D eigenvalue weighted by atomic mass is 9.95. The number of aromatic nitrogens is 2. The van der Waals surface area contributed by atoms with Gasteiger partial charge in [0.2, 0.25) is 0 Å². The van der Waals surface area contributed by atoms with Gasteiger partial charge in [-0.2, -0.15) is 4.40 Å². The predicted octanol–water partition coefficient (Wildman–Crippen LogP) is 4.15. The van der Waals surface area contributed by atoms with Gasteiger partial charge in [-0.3, -0.25) is 0 Å². The summed E-state index contributed by atoms with van der Waals surface area (Å²) in [6, 6.07) is 19.4. The number of hydrogen-bond donors (Lipinski definition) is 0. The Labute approximate surface area is 130 Å². The maximum absolute atomic E-state index is 2.30. The van der Waals surface area contributed by atoms with E-state index in [0.717, 1.165) is 6.42 Å². The smallest absolute Gasteiger partial charge is 0.232 e. The topological polar surface area (TPSA) is 8.29 Å². The molecule has 0 aliphatic rings. The zero-order valence-electron chi connectivity index (χ0n) is 13.0. The molecule has 0 spiro atoms. The predicted molar refractivity (Wildman–Crippen MR) is 90.9 cm³/mol. The fraction of sp³-hybridized carbons (Fsp3) is 0.150. The molecule has 22 heavy (non-hydrogen) atoms. The lowest BCUT2D eigenvalue weighted by Gasteiger charge is -2.11. The molecule has 4 rings (SSSR count). The zero-order valence-corrected chi connectivity index (χ0v) is 13.0. The van der Waals surface area contributed by atoms with E-state index in [9.17, 15) is 0 Å². The minimum Gasteiger partial charge on any atom is -0.232 e. The molecule has 2 aromatic heterocycles. The molecular weight excluding hydrogens is 268 g/mol. The van der Waals surface area contributed by atoms with E-state index in [4.69, 9.17) is 0 Å². The van der Waals surface area contributed by atoms with Crippen molar-refractivity contribution in [2.45, 2.75) is 13.3 Å². The average molecular weight is 287 g/mol. The van der Waals surface area contributed by atoms with Crippen molar-refractivity contribution >= 4 is 16.6 Å². The molecule has 2 aromatic carbocycles. The van der Waals surface area contributed by atoms with Crippen molar-refractivity contribution in [3.05, 3.63) is 72.6 Å². The Morgan fingerprint density at radius 3 is 2.45 bits per heavy atom. The van der Waals surface area contributed by atoms with Crippen molar-refractivity contribution in [3.63, 3.8) is 0 Å². The summed E-state index contributed by atoms with van der Waals surface area (Å²) in [6.07, 6.45) is 5.31. The molecular formula is C20H19N2+. The summed E-state index contributed by atoms with van der Waals surface area (Å²) >= 11 is 0. The largest absolute Gasteiger partial charge is 0.294 e. The van der Waals surface area contributed by atoms with Gasteiger partial charge in [0.15, 0.2) is 0 Å². The van der Waals surface area contributed by atoms with Gasteiger partial charge >= 0.3 is 0 Å². The summed E-state index contributed by atoms with van der Waals surface area (Å²) < 4.78 is 4.52. The second-order valence-corrected chi connectivity index (χ2v) is 5.69. The summed E-state index contributed by atoms with van der Waals surface area (Å²) in [7, 11) is 2.12. The molecule has 2 heteroatoms. The fourth-order valence-electron chi connectivity index (χ4n) is 3.45. The van der Waals surface area contributed by atoms with Crippen LogP contribution in [0.4, 0.5) is 0 Å². The molecule has 2 heterocycles. The summed E-state index contributed by atoms with van der Waals surface area (Å²) in [4.78, 5) is 0. The van der Waals surface area contributed by atoms with Crippen LogP contribution in [-0.4, -0.2) is 4.40 Å². The van der Waals surface area contributed by atoms with Crippen LogP contribution in [0.3, 0.4) is 0 Å². The lowest BCUT2D eigenvalue weighted by molar-refractivity contribution is -0.644. The van der Waals surface area contributed by atoms with Crippen LogP contribution in [0.2, 0.25) is 0 Å². The summed E-state index contributed by atoms with van der Waals surface area (Å²) in [6.45, 7) is 2.24. The van der Waals surface area contributed by atoms with Gasteiger partial charge in [-0.05, 0) is 23.6 Å². The zero-order chi connectivity index (χ0) is 15.1. The van der Waals surface area contributed by atoms with Gasteiger partial charge in [0, 0.05) is 5.39 Å². The van der Waals surface area contributed by atoms with Crippen LogP contribution in [0.5, 0.6) is 0 Å². The van der Waals surface area contributed by atoms with Crippen LogP contribution in [-0.2, 0) is 13.5 Å². The Balaban J connectivity index is 2.28. The Hall–Kier alpha value is -2.61. The standard InChI is InChI=1S/C20H19N2/c1-3-16-17-11-7-8-12-18(17)22-14-13-21(2)20(22)19(16)15-9-5-4-6-10-15/h4-14H,3H2,1-2H3/q+1. The maximum Gasteiger partial charge on any atom is 0.294 e. The van der Waals surface area contributed by atoms with E-state index in [1.54, 1.807) is 0 Å². The van der Waals surface area contributed by atoms with Crippen molar-refractivity contribution in [2.75, 3.05) is 0 Å². The Bertz CT molecular complexity index is 965. The molecule has 0 saturated carbocycles. The van der Waals surface area contributed by atoms with E-state index in [2.05, 4.69) is 89.9 Å². The number of benzene rings is 2. The molecule has 0 amide bonds. The maximum atomic E-state index is 2.30. The van der Waals surface area contributed by atoms with E-state index in [1.165, 1.54) is 33.2 Å². The minimum atomic E-state index is 1.02. The highest BCUT2D eigenvalue weighted by Gasteiger charge is 2.22. The van der Waals surface area contributed by atoms with E-state index in [-0.39, 0.29) is 0 Å². The number of rotatable bonds is 2. The van der Waals surface area contributed by atoms with E-state index < -0.39 is 0 Å². The molecule has 0 saturated heterocycles. The van der Waals surface area contributed by atoms with E-state index >= 15 is 0 Å². The van der Waals surface area contributed by atoms with Crippen molar-refractivity contribution in [1.29, 1.82) is 0 Å². The van der Waals surface area contributed by atoms with Crippen LogP contribution in [0.1, 0.15) is 12.5 Å². The van der Waals surface area contributed by atoms with Gasteiger partial charge in [-0.1, -0.05) is 55.5 Å². The minimum absolute atomic E-state index is 1.02. The number of pyridine rings is 1. The van der Waals surface area contributed by atoms with Gasteiger partial charge in [0.1, 0.15) is 17.9 Å². The molecule has 0 atom stereocenters. The van der Waals surface area contributed by atoms with Gasteiger partial charge in [0.25, 0.3) is 5.65 Å². The summed E-state index contributed by atoms with van der Waals surface area (Å²) in [5, 5.41) is 1.34. The SMILES string of the molecule is CCc1c(-c2ccccc2)c2n(cc[n+]2C)c2ccccc12. The molecule has 0 bridgehead atoms. The Kier molecular flexibility index (Phi) is 2.97. The number of hydrogen-bond acceptors (Lipinski definition) is 0. The quantitative estimate of drug-likeness (QED) is 0.490. The van der Waals surface area contributed by atoms with Crippen LogP contribution >= 0.6 is 0 Å². The van der Waals surface area contributed by atoms with Crippen molar-refractivity contribution in [1.82, 2.24) is 4.40 Å². The molecule has 0 aliphatic carbocycles. The Morgan fingerprint density at radius 1 is 0.955 bits per heavy atom. The first-order valence-electron chi connectivity index (χ1n) is 7.77. The molecule has 0 aliphatic heterocycles. The number of nitrogens with zero attached hydrogens (tertiary/aromatic N) is 2. The third-order valence-corrected chi connectivity index (χ3v) is 4.43. The van der Waals surface area contributed by atoms with Crippen molar-refractivity contribution < 1.29 is 4.57 Å². The first-order chi connectivity index (χ1) is 10.8. The first kappa shape index (κ1) is 13.1. The lowest BCUT2D eigenvalue weighted by Crippen LogP contribution is -2.26. The van der Waals surface area contributed by atoms with Crippen LogP contribution < -0.4 is 4.57 Å². The second-order valence-electron chi connectivity index (χ2n) is 5.69. The molecule has 2 nitrogen and oxygen atoms in total. The Morgan fingerprint density at radius 2 is 1.68 bits per heavy atom. The number of aryl methyl sites for hydroxylation is 2. The van der Waals surface area contributed by atoms with Gasteiger partial charge in [-0.25, -0.2) is 4.57 Å². The van der Waals surface area contributed by atoms with Gasteiger partial charge in [0.05, 0.1) is 12.6 Å². The van der Waals surface area contributed by atoms with Gasteiger partial charge < -0.3 is 0 Å². The van der Waals surface area contributed by atoms with E-state index in [0.29, 0.717) is 0 Å². The summed E-state index contributed by atoms with van der Waals surface area (Å²) in [5.41, 5.74) is 6.57. The number of para-hydroxylation sites is 1. The molecule has 0 N–H and O–H groups in total.